The Hall–Kier alpha value is -2.00. The van der Waals surface area contributed by atoms with Crippen molar-refractivity contribution >= 4 is 35.0 Å². The van der Waals surface area contributed by atoms with E-state index in [1.54, 1.807) is 0 Å². The van der Waals surface area contributed by atoms with Crippen LogP contribution in [-0.2, 0) is 11.2 Å². The molecule has 0 aromatic carbocycles. The zero-order chi connectivity index (χ0) is 16.8. The average Bonchev–Trinajstić information content (AvgIpc) is 2.93. The molecule has 0 unspecified atom stereocenters. The highest BCUT2D eigenvalue weighted by atomic mass is 32.2. The summed E-state index contributed by atoms with van der Waals surface area (Å²) in [4.78, 5) is 35.0. The van der Waals surface area contributed by atoms with Gasteiger partial charge in [0.15, 0.2) is 10.9 Å². The van der Waals surface area contributed by atoms with Crippen LogP contribution >= 0.6 is 23.1 Å². The Morgan fingerprint density at radius 3 is 2.57 bits per heavy atom. The van der Waals surface area contributed by atoms with Crippen LogP contribution in [0.3, 0.4) is 0 Å². The van der Waals surface area contributed by atoms with Gasteiger partial charge in [-0.3, -0.25) is 4.79 Å². The van der Waals surface area contributed by atoms with Crippen molar-refractivity contribution in [2.75, 3.05) is 12.3 Å². The molecule has 0 fully saturated rings. The lowest BCUT2D eigenvalue weighted by molar-refractivity contribution is -0.118. The smallest absolute Gasteiger partial charge is 0.355 e. The van der Waals surface area contributed by atoms with Gasteiger partial charge in [0.25, 0.3) is 0 Å². The molecule has 0 saturated carbocycles. The van der Waals surface area contributed by atoms with E-state index in [-0.39, 0.29) is 17.4 Å². The summed E-state index contributed by atoms with van der Waals surface area (Å²) in [6, 6.07) is 1.88. The topological polar surface area (TPSA) is 105 Å². The third-order valence-corrected chi connectivity index (χ3v) is 4.48. The second-order valence-electron chi connectivity index (χ2n) is 4.75. The van der Waals surface area contributed by atoms with Gasteiger partial charge in [0.1, 0.15) is 0 Å². The molecule has 0 aliphatic carbocycles. The van der Waals surface area contributed by atoms with Crippen molar-refractivity contribution in [1.82, 2.24) is 20.3 Å². The largest absolute Gasteiger partial charge is 0.476 e. The highest BCUT2D eigenvalue weighted by molar-refractivity contribution is 7.99. The summed E-state index contributed by atoms with van der Waals surface area (Å²) in [6.07, 6.45) is 0.508. The molecule has 122 valence electrons. The number of aryl methyl sites for hydroxylation is 2. The maximum Gasteiger partial charge on any atom is 0.355 e. The zero-order valence-electron chi connectivity index (χ0n) is 12.7. The molecule has 0 aliphatic heterocycles. The van der Waals surface area contributed by atoms with E-state index in [1.165, 1.54) is 28.5 Å². The highest BCUT2D eigenvalue weighted by Crippen LogP contribution is 2.13. The van der Waals surface area contributed by atoms with Crippen LogP contribution < -0.4 is 5.32 Å². The monoisotopic (exact) mass is 352 g/mol. The van der Waals surface area contributed by atoms with Crippen molar-refractivity contribution in [1.29, 1.82) is 0 Å². The minimum absolute atomic E-state index is 0.0406. The number of nitrogens with one attached hydrogen (secondary N) is 1. The van der Waals surface area contributed by atoms with E-state index in [0.717, 1.165) is 11.4 Å². The van der Waals surface area contributed by atoms with E-state index in [9.17, 15) is 9.59 Å². The summed E-state index contributed by atoms with van der Waals surface area (Å²) in [5.41, 5.74) is 1.79. The van der Waals surface area contributed by atoms with Gasteiger partial charge in [-0.25, -0.2) is 19.7 Å². The van der Waals surface area contributed by atoms with Gasteiger partial charge in [-0.2, -0.15) is 0 Å². The number of aromatic nitrogens is 3. The van der Waals surface area contributed by atoms with Gasteiger partial charge in [0.2, 0.25) is 5.91 Å². The summed E-state index contributed by atoms with van der Waals surface area (Å²) in [6.45, 7) is 4.19. The minimum Gasteiger partial charge on any atom is -0.476 e. The van der Waals surface area contributed by atoms with E-state index >= 15 is 0 Å². The Kier molecular flexibility index (Phi) is 6.05. The highest BCUT2D eigenvalue weighted by Gasteiger charge is 2.09. The Morgan fingerprint density at radius 1 is 1.26 bits per heavy atom. The van der Waals surface area contributed by atoms with Gasteiger partial charge in [0.05, 0.1) is 10.8 Å². The Balaban J connectivity index is 1.73. The summed E-state index contributed by atoms with van der Waals surface area (Å²) < 4.78 is 0. The lowest BCUT2D eigenvalue weighted by Gasteiger charge is -2.04. The van der Waals surface area contributed by atoms with E-state index in [4.69, 9.17) is 5.11 Å². The number of hydrogen-bond donors (Lipinski definition) is 2. The number of thiazole rings is 1. The molecule has 0 spiro atoms. The van der Waals surface area contributed by atoms with Crippen LogP contribution in [0.2, 0.25) is 0 Å². The lowest BCUT2D eigenvalue weighted by atomic mass is 10.4. The van der Waals surface area contributed by atoms with Crippen molar-refractivity contribution in [3.63, 3.8) is 0 Å². The molecular formula is C14H16N4O3S2. The average molecular weight is 352 g/mol. The second-order valence-corrected chi connectivity index (χ2v) is 6.64. The molecule has 9 heteroatoms. The first-order valence-electron chi connectivity index (χ1n) is 6.83. The third kappa shape index (κ3) is 5.61. The number of carbonyl (C=O) groups is 2. The van der Waals surface area contributed by atoms with Gasteiger partial charge < -0.3 is 10.4 Å². The first kappa shape index (κ1) is 17.4. The molecule has 2 rings (SSSR count). The molecular weight excluding hydrogens is 336 g/mol. The Labute approximate surface area is 141 Å². The van der Waals surface area contributed by atoms with Crippen molar-refractivity contribution in [2.45, 2.75) is 25.4 Å². The number of carboxylic acids is 1. The van der Waals surface area contributed by atoms with Crippen LogP contribution in [0.15, 0.2) is 16.6 Å². The summed E-state index contributed by atoms with van der Waals surface area (Å²) in [5, 5.41) is 14.3. The summed E-state index contributed by atoms with van der Waals surface area (Å²) >= 11 is 2.56. The predicted molar refractivity (Wildman–Crippen MR) is 88.0 cm³/mol. The number of carboxylic acid groups (broad SMARTS) is 1. The number of carbonyl (C=O) groups excluding carboxylic acids is 1. The SMILES string of the molecule is Cc1cc(C)nc(SCC(=O)NCCc2nc(C(=O)O)cs2)n1. The minimum atomic E-state index is -1.04. The standard InChI is InChI=1S/C14H16N4O3S2/c1-8-5-9(2)17-14(16-8)23-7-11(19)15-4-3-12-18-10(6-22-12)13(20)21/h5-6H,3-4,7H2,1-2H3,(H,15,19)(H,20,21). The predicted octanol–water partition coefficient (Wildman–Crippen LogP) is 1.70. The third-order valence-electron chi connectivity index (χ3n) is 2.73. The van der Waals surface area contributed by atoms with E-state index < -0.39 is 5.97 Å². The normalized spacial score (nSPS) is 10.5. The molecule has 2 N–H and O–H groups in total. The van der Waals surface area contributed by atoms with Gasteiger partial charge in [0, 0.05) is 29.7 Å². The first-order chi connectivity index (χ1) is 10.9. The summed E-state index contributed by atoms with van der Waals surface area (Å²) in [7, 11) is 0. The van der Waals surface area contributed by atoms with Crippen LogP contribution in [0.1, 0.15) is 26.9 Å². The molecule has 7 nitrogen and oxygen atoms in total. The fourth-order valence-electron chi connectivity index (χ4n) is 1.77. The van der Waals surface area contributed by atoms with Crippen LogP contribution in [-0.4, -0.2) is 44.2 Å². The van der Waals surface area contributed by atoms with Crippen LogP contribution in [0.25, 0.3) is 0 Å². The molecule has 2 aromatic rings. The Bertz CT molecular complexity index is 698. The van der Waals surface area contributed by atoms with E-state index in [0.29, 0.717) is 23.1 Å². The second kappa shape index (κ2) is 8.02. The number of thioether (sulfide) groups is 1. The molecule has 1 amide bonds. The molecule has 2 heterocycles. The summed E-state index contributed by atoms with van der Waals surface area (Å²) in [5.74, 6) is -0.921. The van der Waals surface area contributed by atoms with Crippen molar-refractivity contribution in [2.24, 2.45) is 0 Å². The lowest BCUT2D eigenvalue weighted by Crippen LogP contribution is -2.27. The number of aromatic carboxylic acids is 1. The zero-order valence-corrected chi connectivity index (χ0v) is 14.3. The fourth-order valence-corrected chi connectivity index (χ4v) is 3.32. The number of nitrogens with zero attached hydrogens (tertiary/aromatic N) is 3. The maximum absolute atomic E-state index is 11.8. The number of hydrogen-bond acceptors (Lipinski definition) is 7. The van der Waals surface area contributed by atoms with Gasteiger partial charge in [-0.1, -0.05) is 11.8 Å². The molecule has 23 heavy (non-hydrogen) atoms. The molecule has 0 saturated heterocycles. The van der Waals surface area contributed by atoms with Crippen molar-refractivity contribution in [3.8, 4) is 0 Å². The van der Waals surface area contributed by atoms with Crippen molar-refractivity contribution in [3.05, 3.63) is 33.5 Å². The Morgan fingerprint density at radius 2 is 1.96 bits per heavy atom. The van der Waals surface area contributed by atoms with Gasteiger partial charge in [-0.05, 0) is 19.9 Å². The van der Waals surface area contributed by atoms with E-state index in [2.05, 4.69) is 20.3 Å². The molecule has 0 atom stereocenters. The van der Waals surface area contributed by atoms with Crippen LogP contribution in [0.5, 0.6) is 0 Å². The van der Waals surface area contributed by atoms with E-state index in [1.807, 2.05) is 19.9 Å². The quantitative estimate of drug-likeness (QED) is 0.577. The van der Waals surface area contributed by atoms with Crippen LogP contribution in [0.4, 0.5) is 0 Å². The first-order valence-corrected chi connectivity index (χ1v) is 8.70. The molecule has 0 radical (unpaired) electrons. The van der Waals surface area contributed by atoms with Gasteiger partial charge >= 0.3 is 5.97 Å². The number of amides is 1. The molecule has 2 aromatic heterocycles. The van der Waals surface area contributed by atoms with Gasteiger partial charge in [-0.15, -0.1) is 11.3 Å². The maximum atomic E-state index is 11.8. The molecule has 0 aliphatic rings. The fraction of sp³-hybridized carbons (Fsp3) is 0.357. The number of rotatable bonds is 7. The van der Waals surface area contributed by atoms with Crippen molar-refractivity contribution < 1.29 is 14.7 Å². The molecule has 0 bridgehead atoms. The van der Waals surface area contributed by atoms with Crippen LogP contribution in [0, 0.1) is 13.8 Å².